The molecule has 0 aliphatic rings. The van der Waals surface area contributed by atoms with Crippen molar-refractivity contribution in [3.8, 4) is 0 Å². The minimum atomic E-state index is -0.866. The molecule has 0 bridgehead atoms. The van der Waals surface area contributed by atoms with Crippen molar-refractivity contribution in [1.82, 2.24) is 5.32 Å². The van der Waals surface area contributed by atoms with Gasteiger partial charge in [-0.05, 0) is 30.7 Å². The average Bonchev–Trinajstić information content (AvgIpc) is 2.59. The Hall–Kier alpha value is -2.84. The Balaban J connectivity index is 1.95. The molecule has 2 aromatic carbocycles. The zero-order chi connectivity index (χ0) is 20.1. The van der Waals surface area contributed by atoms with E-state index in [0.29, 0.717) is 15.6 Å². The zero-order valence-corrected chi connectivity index (χ0v) is 15.6. The second-order valence-corrected chi connectivity index (χ2v) is 6.40. The first-order valence-corrected chi connectivity index (χ1v) is 8.40. The number of benzene rings is 2. The lowest BCUT2D eigenvalue weighted by atomic mass is 10.1. The number of esters is 1. The Kier molecular flexibility index (Phi) is 6.59. The van der Waals surface area contributed by atoms with Crippen LogP contribution in [0.2, 0.25) is 10.0 Å². The number of nitro benzene ring substituents is 1. The van der Waals surface area contributed by atoms with Gasteiger partial charge in [-0.2, -0.15) is 0 Å². The van der Waals surface area contributed by atoms with Gasteiger partial charge in [0.25, 0.3) is 11.6 Å². The highest BCUT2D eigenvalue weighted by Gasteiger charge is 2.18. The van der Waals surface area contributed by atoms with Gasteiger partial charge in [0.15, 0.2) is 6.61 Å². The molecule has 8 nitrogen and oxygen atoms in total. The second-order valence-electron chi connectivity index (χ2n) is 5.56. The van der Waals surface area contributed by atoms with Crippen LogP contribution >= 0.6 is 23.2 Å². The first-order chi connectivity index (χ1) is 12.7. The van der Waals surface area contributed by atoms with E-state index < -0.39 is 29.4 Å². The number of halogens is 2. The molecule has 0 aromatic heterocycles. The topological polar surface area (TPSA) is 125 Å². The Labute approximate surface area is 164 Å². The fraction of sp³-hybridized carbons (Fsp3) is 0.176. The molecule has 1 amide bonds. The Morgan fingerprint density at radius 3 is 2.56 bits per heavy atom. The van der Waals surface area contributed by atoms with Crippen LogP contribution in [0, 0.1) is 10.1 Å². The maximum absolute atomic E-state index is 12.0. The number of non-ortho nitro benzene ring substituents is 1. The van der Waals surface area contributed by atoms with E-state index in [2.05, 4.69) is 5.32 Å². The number of rotatable bonds is 6. The number of hydrogen-bond acceptors (Lipinski definition) is 6. The van der Waals surface area contributed by atoms with Crippen LogP contribution < -0.4 is 11.1 Å². The van der Waals surface area contributed by atoms with Crippen molar-refractivity contribution in [1.29, 1.82) is 0 Å². The molecule has 0 radical (unpaired) electrons. The molecule has 0 spiro atoms. The molecule has 1 atom stereocenters. The van der Waals surface area contributed by atoms with Crippen LogP contribution in [0.1, 0.15) is 28.9 Å². The van der Waals surface area contributed by atoms with Gasteiger partial charge in [-0.15, -0.1) is 0 Å². The van der Waals surface area contributed by atoms with E-state index in [9.17, 15) is 19.7 Å². The quantitative estimate of drug-likeness (QED) is 0.324. The third-order valence-corrected chi connectivity index (χ3v) is 4.17. The van der Waals surface area contributed by atoms with Crippen molar-refractivity contribution >= 4 is 46.5 Å². The lowest BCUT2D eigenvalue weighted by molar-refractivity contribution is -0.384. The van der Waals surface area contributed by atoms with Gasteiger partial charge in [0.1, 0.15) is 0 Å². The molecule has 142 valence electrons. The molecule has 2 rings (SSSR count). The summed E-state index contributed by atoms with van der Waals surface area (Å²) in [6, 6.07) is 7.77. The fourth-order valence-corrected chi connectivity index (χ4v) is 2.84. The van der Waals surface area contributed by atoms with Crippen molar-refractivity contribution in [3.05, 3.63) is 67.7 Å². The van der Waals surface area contributed by atoms with Gasteiger partial charge in [0.2, 0.25) is 0 Å². The molecule has 0 saturated heterocycles. The SMILES string of the molecule is C[C@@H](NC(=O)COC(=O)c1ccc([N+](=O)[O-])cc1N)c1ccc(Cl)cc1Cl. The van der Waals surface area contributed by atoms with Gasteiger partial charge >= 0.3 is 5.97 Å². The predicted molar refractivity (Wildman–Crippen MR) is 101 cm³/mol. The normalized spacial score (nSPS) is 11.5. The van der Waals surface area contributed by atoms with Gasteiger partial charge in [0, 0.05) is 22.2 Å². The third-order valence-electron chi connectivity index (χ3n) is 3.61. The summed E-state index contributed by atoms with van der Waals surface area (Å²) in [6.45, 7) is 1.16. The van der Waals surface area contributed by atoms with E-state index in [0.717, 1.165) is 12.1 Å². The highest BCUT2D eigenvalue weighted by Crippen LogP contribution is 2.26. The zero-order valence-electron chi connectivity index (χ0n) is 14.1. The van der Waals surface area contributed by atoms with Crippen molar-refractivity contribution < 1.29 is 19.2 Å². The Bertz CT molecular complexity index is 904. The van der Waals surface area contributed by atoms with Gasteiger partial charge in [-0.25, -0.2) is 4.79 Å². The summed E-state index contributed by atoms with van der Waals surface area (Å²) >= 11 is 11.9. The van der Waals surface area contributed by atoms with Crippen LogP contribution in [-0.4, -0.2) is 23.4 Å². The standard InChI is InChI=1S/C17H15Cl2N3O5/c1-9(12-4-2-10(18)6-14(12)19)21-16(23)8-27-17(24)13-5-3-11(22(25)26)7-15(13)20/h2-7,9H,8,20H2,1H3,(H,21,23)/t9-/m1/s1. The smallest absolute Gasteiger partial charge is 0.340 e. The summed E-state index contributed by atoms with van der Waals surface area (Å²) in [6.07, 6.45) is 0. The number of nitrogens with zero attached hydrogens (tertiary/aromatic N) is 1. The number of carbonyl (C=O) groups is 2. The summed E-state index contributed by atoms with van der Waals surface area (Å²) in [7, 11) is 0. The number of nitrogens with two attached hydrogens (primary N) is 1. The van der Waals surface area contributed by atoms with E-state index in [-0.39, 0.29) is 16.9 Å². The second kappa shape index (κ2) is 8.70. The lowest BCUT2D eigenvalue weighted by Gasteiger charge is -2.16. The molecule has 2 aromatic rings. The maximum Gasteiger partial charge on any atom is 0.340 e. The maximum atomic E-state index is 12.0. The third kappa shape index (κ3) is 5.32. The van der Waals surface area contributed by atoms with Crippen molar-refractivity contribution in [2.45, 2.75) is 13.0 Å². The summed E-state index contributed by atoms with van der Waals surface area (Å²) in [4.78, 5) is 34.0. The summed E-state index contributed by atoms with van der Waals surface area (Å²) < 4.78 is 4.90. The lowest BCUT2D eigenvalue weighted by Crippen LogP contribution is -2.31. The first-order valence-electron chi connectivity index (χ1n) is 7.64. The van der Waals surface area contributed by atoms with E-state index in [1.54, 1.807) is 25.1 Å². The molecule has 0 unspecified atom stereocenters. The van der Waals surface area contributed by atoms with Crippen molar-refractivity contribution in [2.75, 3.05) is 12.3 Å². The molecule has 0 saturated carbocycles. The molecule has 27 heavy (non-hydrogen) atoms. The monoisotopic (exact) mass is 411 g/mol. The Morgan fingerprint density at radius 2 is 1.96 bits per heavy atom. The molecule has 10 heteroatoms. The Morgan fingerprint density at radius 1 is 1.26 bits per heavy atom. The first kappa shape index (κ1) is 20.5. The number of amides is 1. The molecule has 0 heterocycles. The van der Waals surface area contributed by atoms with E-state index in [1.807, 2.05) is 0 Å². The van der Waals surface area contributed by atoms with Crippen molar-refractivity contribution in [2.24, 2.45) is 0 Å². The van der Waals surface area contributed by atoms with E-state index in [1.165, 1.54) is 6.07 Å². The van der Waals surface area contributed by atoms with Gasteiger partial charge < -0.3 is 15.8 Å². The van der Waals surface area contributed by atoms with Crippen LogP contribution in [0.25, 0.3) is 0 Å². The molecule has 3 N–H and O–H groups in total. The largest absolute Gasteiger partial charge is 0.452 e. The molecular formula is C17H15Cl2N3O5. The van der Waals surface area contributed by atoms with Crippen LogP contribution in [0.5, 0.6) is 0 Å². The average molecular weight is 412 g/mol. The number of anilines is 1. The molecule has 0 fully saturated rings. The van der Waals surface area contributed by atoms with Crippen LogP contribution in [-0.2, 0) is 9.53 Å². The molecule has 0 aliphatic carbocycles. The van der Waals surface area contributed by atoms with Crippen LogP contribution in [0.15, 0.2) is 36.4 Å². The number of nitro groups is 1. The number of carbonyl (C=O) groups excluding carboxylic acids is 2. The number of hydrogen-bond donors (Lipinski definition) is 2. The molecule has 0 aliphatic heterocycles. The van der Waals surface area contributed by atoms with Crippen LogP contribution in [0.3, 0.4) is 0 Å². The number of nitrogens with one attached hydrogen (secondary N) is 1. The number of nitrogen functional groups attached to an aromatic ring is 1. The summed E-state index contributed by atoms with van der Waals surface area (Å²) in [5.41, 5.74) is 5.84. The van der Waals surface area contributed by atoms with E-state index in [4.69, 9.17) is 33.7 Å². The summed E-state index contributed by atoms with van der Waals surface area (Å²) in [5, 5.41) is 14.2. The number of ether oxygens (including phenoxy) is 1. The minimum absolute atomic E-state index is 0.0674. The van der Waals surface area contributed by atoms with Crippen LogP contribution in [0.4, 0.5) is 11.4 Å². The minimum Gasteiger partial charge on any atom is -0.452 e. The highest BCUT2D eigenvalue weighted by atomic mass is 35.5. The predicted octanol–water partition coefficient (Wildman–Crippen LogP) is 3.52. The fourth-order valence-electron chi connectivity index (χ4n) is 2.27. The van der Waals surface area contributed by atoms with Crippen molar-refractivity contribution in [3.63, 3.8) is 0 Å². The summed E-state index contributed by atoms with van der Waals surface area (Å²) in [5.74, 6) is -1.42. The van der Waals surface area contributed by atoms with Gasteiger partial charge in [-0.1, -0.05) is 29.3 Å². The van der Waals surface area contributed by atoms with Gasteiger partial charge in [-0.3, -0.25) is 14.9 Å². The van der Waals surface area contributed by atoms with E-state index >= 15 is 0 Å². The molecular weight excluding hydrogens is 397 g/mol. The highest BCUT2D eigenvalue weighted by molar-refractivity contribution is 6.35. The van der Waals surface area contributed by atoms with Gasteiger partial charge in [0.05, 0.1) is 22.2 Å².